The molecule has 17 heavy (non-hydrogen) atoms. The minimum atomic E-state index is 0.237. The summed E-state index contributed by atoms with van der Waals surface area (Å²) in [6, 6.07) is 6.96. The predicted octanol–water partition coefficient (Wildman–Crippen LogP) is 4.02. The van der Waals surface area contributed by atoms with Crippen LogP contribution in [0, 0.1) is 12.8 Å². The highest BCUT2D eigenvalue weighted by Crippen LogP contribution is 2.26. The fourth-order valence-corrected chi connectivity index (χ4v) is 3.06. The lowest BCUT2D eigenvalue weighted by Gasteiger charge is -2.13. The zero-order valence-electron chi connectivity index (χ0n) is 11.5. The van der Waals surface area contributed by atoms with Gasteiger partial charge in [-0.3, -0.25) is 0 Å². The van der Waals surface area contributed by atoms with Crippen LogP contribution >= 0.6 is 11.8 Å². The van der Waals surface area contributed by atoms with E-state index in [-0.39, 0.29) is 6.04 Å². The average molecular weight is 251 g/mol. The second kappa shape index (κ2) is 7.07. The van der Waals surface area contributed by atoms with Gasteiger partial charge in [-0.1, -0.05) is 31.5 Å². The summed E-state index contributed by atoms with van der Waals surface area (Å²) in [5.41, 5.74) is 8.65. The van der Waals surface area contributed by atoms with E-state index in [0.29, 0.717) is 0 Å². The van der Waals surface area contributed by atoms with Gasteiger partial charge in [-0.05, 0) is 50.0 Å². The molecule has 1 rings (SSSR count). The van der Waals surface area contributed by atoms with Crippen molar-refractivity contribution in [2.24, 2.45) is 11.7 Å². The lowest BCUT2D eigenvalue weighted by atomic mass is 10.1. The van der Waals surface area contributed by atoms with Crippen molar-refractivity contribution in [1.82, 2.24) is 0 Å². The summed E-state index contributed by atoms with van der Waals surface area (Å²) in [6.45, 7) is 8.77. The van der Waals surface area contributed by atoms with Gasteiger partial charge in [0.15, 0.2) is 0 Å². The zero-order chi connectivity index (χ0) is 12.8. The number of thioether (sulfide) groups is 1. The second-order valence-corrected chi connectivity index (χ2v) is 6.46. The Morgan fingerprint density at radius 3 is 2.53 bits per heavy atom. The monoisotopic (exact) mass is 251 g/mol. The van der Waals surface area contributed by atoms with Crippen molar-refractivity contribution in [3.05, 3.63) is 29.3 Å². The minimum absolute atomic E-state index is 0.237. The first-order valence-electron chi connectivity index (χ1n) is 6.47. The molecule has 2 N–H and O–H groups in total. The molecule has 0 saturated heterocycles. The van der Waals surface area contributed by atoms with Crippen LogP contribution in [0.2, 0.25) is 0 Å². The standard InChI is InChI=1S/C15H25NS/c1-11(2)7-8-17-15-6-5-12(3)9-14(15)10-13(4)16/h5-6,9,11,13H,7-8,10,16H2,1-4H3. The fraction of sp³-hybridized carbons (Fsp3) is 0.600. The second-order valence-electron chi connectivity index (χ2n) is 5.32. The summed E-state index contributed by atoms with van der Waals surface area (Å²) in [5, 5.41) is 0. The van der Waals surface area contributed by atoms with E-state index >= 15 is 0 Å². The third-order valence-corrected chi connectivity index (χ3v) is 3.86. The largest absolute Gasteiger partial charge is 0.328 e. The van der Waals surface area contributed by atoms with Crippen LogP contribution in [0.25, 0.3) is 0 Å². The lowest BCUT2D eigenvalue weighted by Crippen LogP contribution is -2.18. The van der Waals surface area contributed by atoms with E-state index < -0.39 is 0 Å². The molecule has 0 bridgehead atoms. The fourth-order valence-electron chi connectivity index (χ4n) is 1.76. The van der Waals surface area contributed by atoms with Crippen molar-refractivity contribution < 1.29 is 0 Å². The van der Waals surface area contributed by atoms with Gasteiger partial charge in [0, 0.05) is 10.9 Å². The van der Waals surface area contributed by atoms with Crippen molar-refractivity contribution in [1.29, 1.82) is 0 Å². The predicted molar refractivity (Wildman–Crippen MR) is 78.7 cm³/mol. The molecule has 0 spiro atoms. The molecule has 0 saturated carbocycles. The summed E-state index contributed by atoms with van der Waals surface area (Å²) >= 11 is 1.97. The Morgan fingerprint density at radius 1 is 1.24 bits per heavy atom. The van der Waals surface area contributed by atoms with Gasteiger partial charge in [-0.15, -0.1) is 11.8 Å². The Kier molecular flexibility index (Phi) is 6.07. The Balaban J connectivity index is 2.68. The van der Waals surface area contributed by atoms with E-state index in [4.69, 9.17) is 5.73 Å². The molecule has 1 nitrogen and oxygen atoms in total. The lowest BCUT2D eigenvalue weighted by molar-refractivity contribution is 0.632. The van der Waals surface area contributed by atoms with Crippen LogP contribution in [-0.2, 0) is 6.42 Å². The average Bonchev–Trinajstić information content (AvgIpc) is 2.20. The molecule has 0 aromatic heterocycles. The van der Waals surface area contributed by atoms with Gasteiger partial charge in [0.1, 0.15) is 0 Å². The highest BCUT2D eigenvalue weighted by molar-refractivity contribution is 7.99. The molecule has 2 heteroatoms. The molecular weight excluding hydrogens is 226 g/mol. The summed E-state index contributed by atoms with van der Waals surface area (Å²) < 4.78 is 0. The van der Waals surface area contributed by atoms with Crippen LogP contribution in [0.5, 0.6) is 0 Å². The molecule has 0 radical (unpaired) electrons. The summed E-state index contributed by atoms with van der Waals surface area (Å²) in [4.78, 5) is 1.41. The smallest absolute Gasteiger partial charge is 0.0105 e. The van der Waals surface area contributed by atoms with E-state index in [1.54, 1.807) is 0 Å². The summed E-state index contributed by atoms with van der Waals surface area (Å²) in [5.74, 6) is 1.98. The van der Waals surface area contributed by atoms with Crippen molar-refractivity contribution in [2.75, 3.05) is 5.75 Å². The molecule has 0 aliphatic rings. The number of rotatable bonds is 6. The van der Waals surface area contributed by atoms with Crippen molar-refractivity contribution in [3.8, 4) is 0 Å². The van der Waals surface area contributed by atoms with Crippen LogP contribution in [0.3, 0.4) is 0 Å². The quantitative estimate of drug-likeness (QED) is 0.773. The molecule has 1 aromatic rings. The number of nitrogens with two attached hydrogens (primary N) is 1. The molecule has 0 heterocycles. The van der Waals surface area contributed by atoms with Crippen molar-refractivity contribution >= 4 is 11.8 Å². The van der Waals surface area contributed by atoms with Gasteiger partial charge in [0.2, 0.25) is 0 Å². The van der Waals surface area contributed by atoms with Crippen LogP contribution in [0.4, 0.5) is 0 Å². The first-order valence-corrected chi connectivity index (χ1v) is 7.45. The highest BCUT2D eigenvalue weighted by atomic mass is 32.2. The van der Waals surface area contributed by atoms with Gasteiger partial charge in [-0.25, -0.2) is 0 Å². The van der Waals surface area contributed by atoms with E-state index in [1.165, 1.54) is 28.2 Å². The molecule has 0 fully saturated rings. The van der Waals surface area contributed by atoms with Crippen molar-refractivity contribution in [3.63, 3.8) is 0 Å². The normalized spacial score (nSPS) is 13.1. The number of hydrogen-bond donors (Lipinski definition) is 1. The molecule has 1 atom stereocenters. The maximum atomic E-state index is 5.91. The molecule has 0 aliphatic heterocycles. The van der Waals surface area contributed by atoms with Crippen molar-refractivity contribution in [2.45, 2.75) is 51.5 Å². The third kappa shape index (κ3) is 5.60. The van der Waals surface area contributed by atoms with Gasteiger partial charge >= 0.3 is 0 Å². The SMILES string of the molecule is Cc1ccc(SCCC(C)C)c(CC(C)N)c1. The molecule has 96 valence electrons. The van der Waals surface area contributed by atoms with E-state index in [9.17, 15) is 0 Å². The van der Waals surface area contributed by atoms with Crippen LogP contribution < -0.4 is 5.73 Å². The highest BCUT2D eigenvalue weighted by Gasteiger charge is 2.06. The minimum Gasteiger partial charge on any atom is -0.328 e. The maximum absolute atomic E-state index is 5.91. The van der Waals surface area contributed by atoms with E-state index in [2.05, 4.69) is 45.9 Å². The third-order valence-electron chi connectivity index (χ3n) is 2.71. The van der Waals surface area contributed by atoms with E-state index in [0.717, 1.165) is 12.3 Å². The Bertz CT molecular complexity index is 345. The van der Waals surface area contributed by atoms with Gasteiger partial charge in [0.25, 0.3) is 0 Å². The van der Waals surface area contributed by atoms with E-state index in [1.807, 2.05) is 11.8 Å². The topological polar surface area (TPSA) is 26.0 Å². The maximum Gasteiger partial charge on any atom is 0.0105 e. The van der Waals surface area contributed by atoms with Gasteiger partial charge in [-0.2, -0.15) is 0 Å². The first kappa shape index (κ1) is 14.6. The molecule has 0 amide bonds. The van der Waals surface area contributed by atoms with Gasteiger partial charge < -0.3 is 5.73 Å². The number of aryl methyl sites for hydroxylation is 1. The molecule has 0 aliphatic carbocycles. The zero-order valence-corrected chi connectivity index (χ0v) is 12.3. The number of benzene rings is 1. The molecular formula is C15H25NS. The Labute approximate surface area is 110 Å². The van der Waals surface area contributed by atoms with Crippen LogP contribution in [0.15, 0.2) is 23.1 Å². The summed E-state index contributed by atoms with van der Waals surface area (Å²) in [7, 11) is 0. The molecule has 1 aromatic carbocycles. The van der Waals surface area contributed by atoms with Crippen LogP contribution in [0.1, 0.15) is 38.3 Å². The number of hydrogen-bond acceptors (Lipinski definition) is 2. The molecule has 1 unspecified atom stereocenters. The first-order chi connectivity index (χ1) is 7.99. The van der Waals surface area contributed by atoms with Gasteiger partial charge in [0.05, 0.1) is 0 Å². The summed E-state index contributed by atoms with van der Waals surface area (Å²) in [6.07, 6.45) is 2.25. The van der Waals surface area contributed by atoms with Crippen LogP contribution in [-0.4, -0.2) is 11.8 Å². The Morgan fingerprint density at radius 2 is 1.94 bits per heavy atom. The Hall–Kier alpha value is -0.470.